The van der Waals surface area contributed by atoms with Crippen molar-refractivity contribution in [1.82, 2.24) is 5.32 Å². The van der Waals surface area contributed by atoms with Gasteiger partial charge >= 0.3 is 0 Å². The number of furan rings is 1. The molecule has 2 aromatic rings. The summed E-state index contributed by atoms with van der Waals surface area (Å²) in [6.45, 7) is 0. The van der Waals surface area contributed by atoms with Crippen molar-refractivity contribution in [1.29, 1.82) is 5.41 Å². The molecule has 1 aromatic heterocycles. The van der Waals surface area contributed by atoms with Gasteiger partial charge in [0.2, 0.25) is 0 Å². The highest BCUT2D eigenvalue weighted by Crippen LogP contribution is 2.29. The zero-order chi connectivity index (χ0) is 14.1. The zero-order valence-electron chi connectivity index (χ0n) is 10.1. The molecule has 3 rings (SSSR count). The van der Waals surface area contributed by atoms with Crippen LogP contribution in [0, 0.1) is 5.41 Å². The topological polar surface area (TPSA) is 66.1 Å². The van der Waals surface area contributed by atoms with Crippen LogP contribution in [0.25, 0.3) is 17.4 Å². The molecule has 100 valence electrons. The summed E-state index contributed by atoms with van der Waals surface area (Å²) in [5.41, 5.74) is 0.874. The first-order chi connectivity index (χ1) is 9.61. The summed E-state index contributed by atoms with van der Waals surface area (Å²) < 4.78 is 5.67. The van der Waals surface area contributed by atoms with Crippen LogP contribution in [0.4, 0.5) is 0 Å². The van der Waals surface area contributed by atoms with E-state index in [4.69, 9.17) is 21.4 Å². The number of nitrogens with one attached hydrogen (secondary N) is 2. The summed E-state index contributed by atoms with van der Waals surface area (Å²) in [5.74, 6) is 0.964. The number of amides is 1. The first-order valence-corrected chi connectivity index (χ1v) is 6.96. The van der Waals surface area contributed by atoms with Gasteiger partial charge in [0.1, 0.15) is 11.5 Å². The van der Waals surface area contributed by atoms with Crippen molar-refractivity contribution in [3.05, 3.63) is 52.1 Å². The molecule has 1 saturated heterocycles. The standard InChI is InChI=1S/C14H9ClN2O2S/c15-9-3-1-2-8(6-9)11-5-4-10(19-11)7-12-13(18)17-14(16)20-12/h1-7H,(H2,16,17,18)/b12-7+. The lowest BCUT2D eigenvalue weighted by Gasteiger charge is -1.97. The third-order valence-corrected chi connectivity index (χ3v) is 3.74. The molecule has 1 aliphatic heterocycles. The minimum absolute atomic E-state index is 0.128. The summed E-state index contributed by atoms with van der Waals surface area (Å²) in [6, 6.07) is 10.9. The Morgan fingerprint density at radius 2 is 2.15 bits per heavy atom. The van der Waals surface area contributed by atoms with Gasteiger partial charge in [-0.25, -0.2) is 0 Å². The predicted molar refractivity (Wildman–Crippen MR) is 80.6 cm³/mol. The van der Waals surface area contributed by atoms with E-state index in [1.165, 1.54) is 0 Å². The Bertz CT molecular complexity index is 736. The van der Waals surface area contributed by atoms with Crippen molar-refractivity contribution in [3.8, 4) is 11.3 Å². The van der Waals surface area contributed by atoms with Gasteiger partial charge in [0.05, 0.1) is 4.91 Å². The highest BCUT2D eigenvalue weighted by Gasteiger charge is 2.22. The lowest BCUT2D eigenvalue weighted by atomic mass is 10.2. The van der Waals surface area contributed by atoms with Crippen LogP contribution in [-0.4, -0.2) is 11.1 Å². The Kier molecular flexibility index (Phi) is 3.38. The molecule has 6 heteroatoms. The molecule has 0 aliphatic carbocycles. The van der Waals surface area contributed by atoms with Crippen molar-refractivity contribution in [2.24, 2.45) is 0 Å². The van der Waals surface area contributed by atoms with Gasteiger partial charge in [-0.2, -0.15) is 0 Å². The summed E-state index contributed by atoms with van der Waals surface area (Å²) >= 11 is 7.02. The Balaban J connectivity index is 1.89. The number of carbonyl (C=O) groups excluding carboxylic acids is 1. The maximum absolute atomic E-state index is 11.5. The number of hydrogen-bond acceptors (Lipinski definition) is 4. The SMILES string of the molecule is N=C1NC(=O)/C(=C\c2ccc(-c3cccc(Cl)c3)o2)S1. The van der Waals surface area contributed by atoms with Gasteiger partial charge in [0.25, 0.3) is 5.91 Å². The van der Waals surface area contributed by atoms with Crippen molar-refractivity contribution >= 4 is 40.5 Å². The van der Waals surface area contributed by atoms with Gasteiger partial charge in [-0.1, -0.05) is 23.7 Å². The van der Waals surface area contributed by atoms with Crippen LogP contribution >= 0.6 is 23.4 Å². The van der Waals surface area contributed by atoms with Crippen LogP contribution < -0.4 is 5.32 Å². The third kappa shape index (κ3) is 2.64. The Morgan fingerprint density at radius 3 is 2.85 bits per heavy atom. The van der Waals surface area contributed by atoms with Crippen molar-refractivity contribution < 1.29 is 9.21 Å². The monoisotopic (exact) mass is 304 g/mol. The summed E-state index contributed by atoms with van der Waals surface area (Å²) in [6.07, 6.45) is 1.62. The molecule has 1 amide bonds. The first kappa shape index (κ1) is 13.0. The molecule has 0 radical (unpaired) electrons. The highest BCUT2D eigenvalue weighted by molar-refractivity contribution is 8.18. The van der Waals surface area contributed by atoms with Gasteiger partial charge < -0.3 is 9.73 Å². The van der Waals surface area contributed by atoms with E-state index in [-0.39, 0.29) is 11.1 Å². The molecular formula is C14H9ClN2O2S. The molecule has 0 atom stereocenters. The summed E-state index contributed by atoms with van der Waals surface area (Å²) in [7, 11) is 0. The lowest BCUT2D eigenvalue weighted by Crippen LogP contribution is -2.18. The maximum atomic E-state index is 11.5. The van der Waals surface area contributed by atoms with E-state index in [9.17, 15) is 4.79 Å². The number of thioether (sulfide) groups is 1. The largest absolute Gasteiger partial charge is 0.457 e. The first-order valence-electron chi connectivity index (χ1n) is 5.77. The quantitative estimate of drug-likeness (QED) is 0.831. The normalized spacial score (nSPS) is 16.8. The molecule has 2 N–H and O–H groups in total. The van der Waals surface area contributed by atoms with E-state index in [1.54, 1.807) is 18.2 Å². The second-order valence-electron chi connectivity index (χ2n) is 4.11. The number of rotatable bonds is 2. The van der Waals surface area contributed by atoms with Crippen LogP contribution in [0.5, 0.6) is 0 Å². The van der Waals surface area contributed by atoms with Crippen LogP contribution in [0.1, 0.15) is 5.76 Å². The fourth-order valence-corrected chi connectivity index (χ4v) is 2.67. The van der Waals surface area contributed by atoms with E-state index < -0.39 is 0 Å². The number of carbonyl (C=O) groups is 1. The smallest absolute Gasteiger partial charge is 0.264 e. The van der Waals surface area contributed by atoms with E-state index in [0.29, 0.717) is 21.4 Å². The molecule has 2 heterocycles. The molecule has 4 nitrogen and oxygen atoms in total. The van der Waals surface area contributed by atoms with Gasteiger partial charge in [0, 0.05) is 16.7 Å². The van der Waals surface area contributed by atoms with Crippen LogP contribution in [0.2, 0.25) is 5.02 Å². The highest BCUT2D eigenvalue weighted by atomic mass is 35.5. The minimum Gasteiger partial charge on any atom is -0.457 e. The molecule has 0 saturated carbocycles. The minimum atomic E-state index is -0.277. The van der Waals surface area contributed by atoms with E-state index >= 15 is 0 Å². The van der Waals surface area contributed by atoms with Gasteiger partial charge in [-0.15, -0.1) is 0 Å². The zero-order valence-corrected chi connectivity index (χ0v) is 11.7. The molecule has 1 fully saturated rings. The number of benzene rings is 1. The average Bonchev–Trinajstić information content (AvgIpc) is 2.97. The predicted octanol–water partition coefficient (Wildman–Crippen LogP) is 3.74. The molecule has 0 bridgehead atoms. The Hall–Kier alpha value is -1.98. The van der Waals surface area contributed by atoms with Crippen LogP contribution in [-0.2, 0) is 4.79 Å². The van der Waals surface area contributed by atoms with E-state index in [0.717, 1.165) is 17.3 Å². The second kappa shape index (κ2) is 5.19. The van der Waals surface area contributed by atoms with Gasteiger partial charge in [0.15, 0.2) is 5.17 Å². The second-order valence-corrected chi connectivity index (χ2v) is 5.59. The summed E-state index contributed by atoms with van der Waals surface area (Å²) in [4.78, 5) is 12.0. The Morgan fingerprint density at radius 1 is 1.30 bits per heavy atom. The molecule has 0 unspecified atom stereocenters. The summed E-state index contributed by atoms with van der Waals surface area (Å²) in [5, 5.41) is 10.6. The number of hydrogen-bond donors (Lipinski definition) is 2. The van der Waals surface area contributed by atoms with Gasteiger partial charge in [-0.05, 0) is 36.0 Å². The van der Waals surface area contributed by atoms with E-state index in [2.05, 4.69) is 5.32 Å². The van der Waals surface area contributed by atoms with Crippen LogP contribution in [0.3, 0.4) is 0 Å². The number of amidine groups is 1. The number of halogens is 1. The molecule has 0 spiro atoms. The third-order valence-electron chi connectivity index (χ3n) is 2.67. The van der Waals surface area contributed by atoms with Gasteiger partial charge in [-0.3, -0.25) is 10.2 Å². The van der Waals surface area contributed by atoms with Crippen molar-refractivity contribution in [3.63, 3.8) is 0 Å². The van der Waals surface area contributed by atoms with E-state index in [1.807, 2.05) is 24.3 Å². The fourth-order valence-electron chi connectivity index (χ4n) is 1.80. The Labute approximate surface area is 124 Å². The molecule has 1 aromatic carbocycles. The molecular weight excluding hydrogens is 296 g/mol. The molecule has 1 aliphatic rings. The van der Waals surface area contributed by atoms with Crippen molar-refractivity contribution in [2.45, 2.75) is 0 Å². The van der Waals surface area contributed by atoms with Crippen LogP contribution in [0.15, 0.2) is 45.7 Å². The molecule has 20 heavy (non-hydrogen) atoms. The van der Waals surface area contributed by atoms with Crippen molar-refractivity contribution in [2.75, 3.05) is 0 Å². The average molecular weight is 305 g/mol. The fraction of sp³-hybridized carbons (Fsp3) is 0. The lowest BCUT2D eigenvalue weighted by molar-refractivity contribution is -0.115. The maximum Gasteiger partial charge on any atom is 0.264 e.